The second-order valence-electron chi connectivity index (χ2n) is 3.58. The Bertz CT molecular complexity index is 628. The Morgan fingerprint density at radius 3 is 2.71 bits per heavy atom. The first-order valence-electron chi connectivity index (χ1n) is 5.02. The number of hydrogen-bond donors (Lipinski definition) is 0. The van der Waals surface area contributed by atoms with Crippen molar-refractivity contribution >= 4 is 46.2 Å². The Morgan fingerprint density at radius 1 is 1.18 bits per heavy atom. The van der Waals surface area contributed by atoms with Crippen LogP contribution in [0.3, 0.4) is 0 Å². The summed E-state index contributed by atoms with van der Waals surface area (Å²) in [6.07, 6.45) is 1.80. The number of ketones is 1. The van der Waals surface area contributed by atoms with Crippen LogP contribution in [0.2, 0.25) is 0 Å². The molecule has 0 amide bonds. The third kappa shape index (κ3) is 2.07. The zero-order chi connectivity index (χ0) is 11.8. The Morgan fingerprint density at radius 2 is 2.00 bits per heavy atom. The summed E-state index contributed by atoms with van der Waals surface area (Å²) in [6.45, 7) is 0. The fraction of sp³-hybridized carbons (Fsp3) is 0. The van der Waals surface area contributed by atoms with Crippen molar-refractivity contribution in [1.29, 1.82) is 0 Å². The molecule has 2 nitrogen and oxygen atoms in total. The number of thioether (sulfide) groups is 1. The van der Waals surface area contributed by atoms with Gasteiger partial charge in [0.25, 0.3) is 0 Å². The molecule has 0 saturated carbocycles. The summed E-state index contributed by atoms with van der Waals surface area (Å²) in [5, 5.41) is 0. The van der Waals surface area contributed by atoms with Gasteiger partial charge in [0.15, 0.2) is 3.77 Å². The van der Waals surface area contributed by atoms with Crippen molar-refractivity contribution in [3.05, 3.63) is 56.4 Å². The van der Waals surface area contributed by atoms with E-state index in [1.54, 1.807) is 6.08 Å². The monoisotopic (exact) mass is 354 g/mol. The number of fused-ring (bicyclic) bond motifs is 1. The summed E-state index contributed by atoms with van der Waals surface area (Å²) in [7, 11) is 0. The van der Waals surface area contributed by atoms with Gasteiger partial charge in [0, 0.05) is 10.5 Å². The maximum absolute atomic E-state index is 12.1. The first-order valence-corrected chi connectivity index (χ1v) is 6.92. The average Bonchev–Trinajstić information content (AvgIpc) is 2.86. The molecule has 3 rings (SSSR count). The van der Waals surface area contributed by atoms with Gasteiger partial charge in [-0.05, 0) is 52.9 Å². The third-order valence-corrected chi connectivity index (χ3v) is 4.12. The lowest BCUT2D eigenvalue weighted by atomic mass is 10.1. The number of allylic oxidation sites excluding steroid dienone is 1. The maximum Gasteiger partial charge on any atom is 0.200 e. The van der Waals surface area contributed by atoms with E-state index in [2.05, 4.69) is 22.6 Å². The lowest BCUT2D eigenvalue weighted by molar-refractivity contribution is 0.104. The third-order valence-electron chi connectivity index (χ3n) is 2.44. The van der Waals surface area contributed by atoms with Crippen LogP contribution in [-0.2, 0) is 0 Å². The number of rotatable bonds is 1. The molecule has 0 saturated heterocycles. The predicted octanol–water partition coefficient (Wildman–Crippen LogP) is 4.21. The van der Waals surface area contributed by atoms with Crippen LogP contribution >= 0.6 is 34.4 Å². The fourth-order valence-electron chi connectivity index (χ4n) is 1.67. The number of Topliss-reactive ketones (excluding diaryl/α,β-unsaturated/α-hetero) is 1. The molecule has 0 unspecified atom stereocenters. The molecule has 0 fully saturated rings. The van der Waals surface area contributed by atoms with E-state index >= 15 is 0 Å². The van der Waals surface area contributed by atoms with Crippen molar-refractivity contribution in [2.24, 2.45) is 0 Å². The van der Waals surface area contributed by atoms with Gasteiger partial charge in [0.2, 0.25) is 5.78 Å². The summed E-state index contributed by atoms with van der Waals surface area (Å²) in [5.74, 6) is 0.801. The fourth-order valence-corrected chi connectivity index (χ4v) is 3.14. The molecule has 2 heterocycles. The van der Waals surface area contributed by atoms with Crippen LogP contribution in [0, 0.1) is 3.77 Å². The molecular weight excluding hydrogens is 347 g/mol. The molecule has 1 aliphatic heterocycles. The highest BCUT2D eigenvalue weighted by molar-refractivity contribution is 14.1. The van der Waals surface area contributed by atoms with E-state index in [0.29, 0.717) is 0 Å². The highest BCUT2D eigenvalue weighted by Crippen LogP contribution is 2.40. The molecular formula is C13H7IO2S. The van der Waals surface area contributed by atoms with Gasteiger partial charge in [-0.15, -0.1) is 0 Å². The van der Waals surface area contributed by atoms with Crippen molar-refractivity contribution < 1.29 is 9.21 Å². The first kappa shape index (κ1) is 11.1. The van der Waals surface area contributed by atoms with Crippen LogP contribution in [0.15, 0.2) is 50.6 Å². The van der Waals surface area contributed by atoms with Crippen LogP contribution in [0.1, 0.15) is 16.1 Å². The molecule has 1 aliphatic rings. The minimum atomic E-state index is 0.0806. The maximum atomic E-state index is 12.1. The molecule has 0 aliphatic carbocycles. The van der Waals surface area contributed by atoms with E-state index in [9.17, 15) is 4.79 Å². The topological polar surface area (TPSA) is 30.2 Å². The van der Waals surface area contributed by atoms with E-state index in [0.717, 1.165) is 24.9 Å². The summed E-state index contributed by atoms with van der Waals surface area (Å²) >= 11 is 3.60. The van der Waals surface area contributed by atoms with Crippen LogP contribution in [0.25, 0.3) is 6.08 Å². The molecule has 0 N–H and O–H groups in total. The Hall–Kier alpha value is -1.01. The second kappa shape index (κ2) is 4.34. The zero-order valence-corrected chi connectivity index (χ0v) is 11.6. The minimum absolute atomic E-state index is 0.0806. The average molecular weight is 354 g/mol. The van der Waals surface area contributed by atoms with Crippen molar-refractivity contribution in [3.8, 4) is 0 Å². The molecule has 4 heteroatoms. The van der Waals surface area contributed by atoms with Gasteiger partial charge >= 0.3 is 0 Å². The minimum Gasteiger partial charge on any atom is -0.451 e. The molecule has 0 spiro atoms. The number of furan rings is 1. The van der Waals surface area contributed by atoms with Crippen LogP contribution < -0.4 is 0 Å². The molecule has 1 aromatic carbocycles. The van der Waals surface area contributed by atoms with Gasteiger partial charge in [0.05, 0.1) is 4.91 Å². The van der Waals surface area contributed by atoms with E-state index in [4.69, 9.17) is 4.42 Å². The largest absolute Gasteiger partial charge is 0.451 e. The number of benzene rings is 1. The molecule has 0 radical (unpaired) electrons. The van der Waals surface area contributed by atoms with Crippen LogP contribution in [0.5, 0.6) is 0 Å². The standard InChI is InChI=1S/C13H7IO2S/c14-12-6-5-8(16-12)7-11-13(15)9-3-1-2-4-10(9)17-11/h1-7H/b11-7+. The number of hydrogen-bond acceptors (Lipinski definition) is 3. The van der Waals surface area contributed by atoms with E-state index in [-0.39, 0.29) is 5.78 Å². The molecule has 0 bridgehead atoms. The van der Waals surface area contributed by atoms with Crippen molar-refractivity contribution in [2.45, 2.75) is 4.90 Å². The molecule has 2 aromatic rings. The molecule has 0 atom stereocenters. The molecule has 1 aromatic heterocycles. The van der Waals surface area contributed by atoms with Crippen LogP contribution in [-0.4, -0.2) is 5.78 Å². The number of carbonyl (C=O) groups excluding carboxylic acids is 1. The van der Waals surface area contributed by atoms with Gasteiger partial charge in [-0.2, -0.15) is 0 Å². The van der Waals surface area contributed by atoms with E-state index < -0.39 is 0 Å². The Kier molecular flexibility index (Phi) is 2.84. The highest BCUT2D eigenvalue weighted by Gasteiger charge is 2.25. The molecule has 17 heavy (non-hydrogen) atoms. The summed E-state index contributed by atoms with van der Waals surface area (Å²) in [6, 6.07) is 11.4. The second-order valence-corrected chi connectivity index (χ2v) is 5.72. The normalized spacial score (nSPS) is 16.5. The zero-order valence-electron chi connectivity index (χ0n) is 8.64. The number of carbonyl (C=O) groups is 1. The molecule has 84 valence electrons. The van der Waals surface area contributed by atoms with Gasteiger partial charge in [-0.1, -0.05) is 23.9 Å². The van der Waals surface area contributed by atoms with Gasteiger partial charge in [-0.25, -0.2) is 0 Å². The van der Waals surface area contributed by atoms with E-state index in [1.807, 2.05) is 36.4 Å². The Labute approximate surface area is 116 Å². The summed E-state index contributed by atoms with van der Waals surface area (Å²) in [4.78, 5) is 13.8. The summed E-state index contributed by atoms with van der Waals surface area (Å²) in [5.41, 5.74) is 0.782. The van der Waals surface area contributed by atoms with Gasteiger partial charge in [-0.3, -0.25) is 4.79 Å². The van der Waals surface area contributed by atoms with Gasteiger partial charge < -0.3 is 4.42 Å². The quantitative estimate of drug-likeness (QED) is 0.568. The van der Waals surface area contributed by atoms with Crippen molar-refractivity contribution in [2.75, 3.05) is 0 Å². The SMILES string of the molecule is O=C1/C(=C\c2ccc(I)o2)Sc2ccccc21. The van der Waals surface area contributed by atoms with Crippen LogP contribution in [0.4, 0.5) is 0 Å². The predicted molar refractivity (Wildman–Crippen MR) is 76.0 cm³/mol. The smallest absolute Gasteiger partial charge is 0.200 e. The van der Waals surface area contributed by atoms with Crippen molar-refractivity contribution in [3.63, 3.8) is 0 Å². The first-order chi connectivity index (χ1) is 8.24. The lowest BCUT2D eigenvalue weighted by Gasteiger charge is -1.91. The number of halogens is 1. The highest BCUT2D eigenvalue weighted by atomic mass is 127. The summed E-state index contributed by atoms with van der Waals surface area (Å²) < 4.78 is 6.26. The van der Waals surface area contributed by atoms with Gasteiger partial charge in [0.1, 0.15) is 5.76 Å². The lowest BCUT2D eigenvalue weighted by Crippen LogP contribution is -1.93. The Balaban J connectivity index is 1.99. The van der Waals surface area contributed by atoms with E-state index in [1.165, 1.54) is 11.8 Å². The van der Waals surface area contributed by atoms with Crippen molar-refractivity contribution in [1.82, 2.24) is 0 Å².